The summed E-state index contributed by atoms with van der Waals surface area (Å²) in [7, 11) is 3.95. The van der Waals surface area contributed by atoms with Crippen LogP contribution in [0.25, 0.3) is 0 Å². The molecule has 0 fully saturated rings. The summed E-state index contributed by atoms with van der Waals surface area (Å²) in [6.07, 6.45) is 1.96. The molecule has 1 N–H and O–H groups in total. The number of aryl methyl sites for hydroxylation is 1. The van der Waals surface area contributed by atoms with E-state index in [0.29, 0.717) is 0 Å². The third-order valence-electron chi connectivity index (χ3n) is 2.21. The zero-order valence-corrected chi connectivity index (χ0v) is 9.18. The van der Waals surface area contributed by atoms with E-state index in [0.717, 1.165) is 6.54 Å². The van der Waals surface area contributed by atoms with Crippen molar-refractivity contribution >= 4 is 0 Å². The van der Waals surface area contributed by atoms with Gasteiger partial charge in [-0.25, -0.2) is 0 Å². The van der Waals surface area contributed by atoms with Crippen LogP contribution in [-0.2, 0) is 19.0 Å². The van der Waals surface area contributed by atoms with Crippen LogP contribution < -0.4 is 5.32 Å². The summed E-state index contributed by atoms with van der Waals surface area (Å²) in [6, 6.07) is 0. The van der Waals surface area contributed by atoms with Crippen molar-refractivity contribution in [2.24, 2.45) is 7.05 Å². The number of aromatic nitrogens is 2. The second kappa shape index (κ2) is 3.50. The van der Waals surface area contributed by atoms with E-state index in [9.17, 15) is 0 Å². The Morgan fingerprint density at radius 1 is 1.46 bits per heavy atom. The van der Waals surface area contributed by atoms with Gasteiger partial charge in [-0.3, -0.25) is 4.68 Å². The molecule has 0 saturated carbocycles. The minimum Gasteiger partial charge on any atom is -0.314 e. The molecule has 13 heavy (non-hydrogen) atoms. The van der Waals surface area contributed by atoms with Crippen LogP contribution in [-0.4, -0.2) is 16.8 Å². The first-order chi connectivity index (χ1) is 5.96. The van der Waals surface area contributed by atoms with Gasteiger partial charge in [-0.1, -0.05) is 20.8 Å². The Morgan fingerprint density at radius 3 is 2.54 bits per heavy atom. The van der Waals surface area contributed by atoms with Crippen molar-refractivity contribution in [1.29, 1.82) is 0 Å². The maximum atomic E-state index is 4.28. The Hall–Kier alpha value is -0.830. The number of hydrogen-bond acceptors (Lipinski definition) is 2. The van der Waals surface area contributed by atoms with E-state index < -0.39 is 0 Å². The molecule has 0 aliphatic heterocycles. The van der Waals surface area contributed by atoms with Crippen molar-refractivity contribution in [1.82, 2.24) is 15.1 Å². The molecular weight excluding hydrogens is 162 g/mol. The highest BCUT2D eigenvalue weighted by atomic mass is 15.3. The van der Waals surface area contributed by atoms with Crippen LogP contribution in [0.1, 0.15) is 32.0 Å². The molecule has 0 aliphatic carbocycles. The van der Waals surface area contributed by atoms with Crippen LogP contribution in [0.4, 0.5) is 0 Å². The molecule has 0 unspecified atom stereocenters. The van der Waals surface area contributed by atoms with Gasteiger partial charge < -0.3 is 5.32 Å². The molecule has 0 saturated heterocycles. The maximum Gasteiger partial charge on any atom is 0.0555 e. The number of hydrogen-bond donors (Lipinski definition) is 1. The largest absolute Gasteiger partial charge is 0.314 e. The molecule has 1 rings (SSSR count). The Kier molecular flexibility index (Phi) is 2.76. The summed E-state index contributed by atoms with van der Waals surface area (Å²) < 4.78 is 1.94. The monoisotopic (exact) mass is 181 g/mol. The second-order valence-corrected chi connectivity index (χ2v) is 4.41. The quantitative estimate of drug-likeness (QED) is 0.748. The van der Waals surface area contributed by atoms with Crippen molar-refractivity contribution in [2.45, 2.75) is 32.7 Å². The van der Waals surface area contributed by atoms with Gasteiger partial charge in [-0.2, -0.15) is 5.10 Å². The number of nitrogens with zero attached hydrogens (tertiary/aromatic N) is 2. The van der Waals surface area contributed by atoms with Crippen LogP contribution in [0.2, 0.25) is 0 Å². The van der Waals surface area contributed by atoms with Gasteiger partial charge in [0.15, 0.2) is 0 Å². The lowest BCUT2D eigenvalue weighted by atomic mass is 9.87. The van der Waals surface area contributed by atoms with Gasteiger partial charge in [0.2, 0.25) is 0 Å². The predicted molar refractivity (Wildman–Crippen MR) is 54.7 cm³/mol. The van der Waals surface area contributed by atoms with Crippen LogP contribution in [0.15, 0.2) is 6.20 Å². The lowest BCUT2D eigenvalue weighted by molar-refractivity contribution is 0.570. The average Bonchev–Trinajstić information content (AvgIpc) is 2.32. The molecule has 0 aromatic carbocycles. The summed E-state index contributed by atoms with van der Waals surface area (Å²) in [5.74, 6) is 0. The molecule has 3 nitrogen and oxygen atoms in total. The molecular formula is C10H19N3. The van der Waals surface area contributed by atoms with Crippen molar-refractivity contribution in [3.63, 3.8) is 0 Å². The SMILES string of the molecule is CNCc1c(C(C)(C)C)cnn1C. The van der Waals surface area contributed by atoms with Gasteiger partial charge in [0.1, 0.15) is 0 Å². The van der Waals surface area contributed by atoms with Crippen molar-refractivity contribution in [3.05, 3.63) is 17.5 Å². The normalized spacial score (nSPS) is 12.1. The highest BCUT2D eigenvalue weighted by molar-refractivity contribution is 5.25. The van der Waals surface area contributed by atoms with Gasteiger partial charge in [0.25, 0.3) is 0 Å². The predicted octanol–water partition coefficient (Wildman–Crippen LogP) is 1.44. The topological polar surface area (TPSA) is 29.9 Å². The fourth-order valence-electron chi connectivity index (χ4n) is 1.47. The van der Waals surface area contributed by atoms with Crippen molar-refractivity contribution in [2.75, 3.05) is 7.05 Å². The number of nitrogens with one attached hydrogen (secondary N) is 1. The first-order valence-corrected chi connectivity index (χ1v) is 4.62. The highest BCUT2D eigenvalue weighted by Crippen LogP contribution is 2.24. The molecule has 0 atom stereocenters. The lowest BCUT2D eigenvalue weighted by Gasteiger charge is -2.19. The Morgan fingerprint density at radius 2 is 2.08 bits per heavy atom. The Labute approximate surface area is 80.1 Å². The van der Waals surface area contributed by atoms with Crippen molar-refractivity contribution in [3.8, 4) is 0 Å². The summed E-state index contributed by atoms with van der Waals surface area (Å²) in [6.45, 7) is 7.51. The number of rotatable bonds is 2. The molecule has 0 amide bonds. The summed E-state index contributed by atoms with van der Waals surface area (Å²) in [5.41, 5.74) is 2.78. The third kappa shape index (κ3) is 2.10. The maximum absolute atomic E-state index is 4.28. The van der Waals surface area contributed by atoms with Gasteiger partial charge >= 0.3 is 0 Å². The Bertz CT molecular complexity index is 281. The highest BCUT2D eigenvalue weighted by Gasteiger charge is 2.20. The van der Waals surface area contributed by atoms with Crippen LogP contribution >= 0.6 is 0 Å². The van der Waals surface area contributed by atoms with Gasteiger partial charge in [-0.05, 0) is 18.0 Å². The van der Waals surface area contributed by atoms with Gasteiger partial charge in [0, 0.05) is 13.6 Å². The Balaban J connectivity index is 3.07. The van der Waals surface area contributed by atoms with E-state index in [4.69, 9.17) is 0 Å². The molecule has 3 heteroatoms. The second-order valence-electron chi connectivity index (χ2n) is 4.41. The van der Waals surface area contributed by atoms with Crippen LogP contribution in [0.5, 0.6) is 0 Å². The first kappa shape index (κ1) is 10.3. The van der Waals surface area contributed by atoms with Crippen LogP contribution in [0, 0.1) is 0 Å². The fraction of sp³-hybridized carbons (Fsp3) is 0.700. The molecule has 0 bridgehead atoms. The molecule has 74 valence electrons. The van der Waals surface area contributed by atoms with E-state index in [1.54, 1.807) is 0 Å². The fourth-order valence-corrected chi connectivity index (χ4v) is 1.47. The molecule has 1 aromatic rings. The van der Waals surface area contributed by atoms with E-state index in [-0.39, 0.29) is 5.41 Å². The molecule has 0 radical (unpaired) electrons. The van der Waals surface area contributed by atoms with E-state index in [2.05, 4.69) is 31.2 Å². The zero-order chi connectivity index (χ0) is 10.1. The zero-order valence-electron chi connectivity index (χ0n) is 9.18. The van der Waals surface area contributed by atoms with Gasteiger partial charge in [0.05, 0.1) is 11.9 Å². The molecule has 0 aliphatic rings. The minimum absolute atomic E-state index is 0.181. The van der Waals surface area contributed by atoms with Crippen LogP contribution in [0.3, 0.4) is 0 Å². The average molecular weight is 181 g/mol. The summed E-state index contributed by atoms with van der Waals surface area (Å²) in [5, 5.41) is 7.44. The smallest absolute Gasteiger partial charge is 0.0555 e. The standard InChI is InChI=1S/C10H19N3/c1-10(2,3)8-6-12-13(5)9(8)7-11-4/h6,11H,7H2,1-5H3. The lowest BCUT2D eigenvalue weighted by Crippen LogP contribution is -2.18. The third-order valence-corrected chi connectivity index (χ3v) is 2.21. The molecule has 1 aromatic heterocycles. The molecule has 0 spiro atoms. The van der Waals surface area contributed by atoms with E-state index in [1.807, 2.05) is 25.0 Å². The van der Waals surface area contributed by atoms with E-state index in [1.165, 1.54) is 11.3 Å². The van der Waals surface area contributed by atoms with Crippen molar-refractivity contribution < 1.29 is 0 Å². The van der Waals surface area contributed by atoms with E-state index >= 15 is 0 Å². The molecule has 1 heterocycles. The summed E-state index contributed by atoms with van der Waals surface area (Å²) >= 11 is 0. The summed E-state index contributed by atoms with van der Waals surface area (Å²) in [4.78, 5) is 0. The van der Waals surface area contributed by atoms with Gasteiger partial charge in [-0.15, -0.1) is 0 Å². The minimum atomic E-state index is 0.181. The first-order valence-electron chi connectivity index (χ1n) is 4.62.